The minimum absolute atomic E-state index is 0.798. The maximum atomic E-state index is 11.0. The van der Waals surface area contributed by atoms with E-state index in [2.05, 4.69) is 4.89 Å². The summed E-state index contributed by atoms with van der Waals surface area (Å²) in [5.74, 6) is 0. The predicted molar refractivity (Wildman–Crippen MR) is 135 cm³/mol. The fraction of sp³-hybridized carbons (Fsp3) is 1.00. The molecule has 0 unspecified atom stereocenters. The third-order valence-electron chi connectivity index (χ3n) is 8.30. The lowest BCUT2D eigenvalue weighted by Crippen LogP contribution is -2.67. The first kappa shape index (κ1) is 37.9. The quantitative estimate of drug-likeness (QED) is 0.0710. The summed E-state index contributed by atoms with van der Waals surface area (Å²) in [5.41, 5.74) is 0. The van der Waals surface area contributed by atoms with Crippen LogP contribution in [0.2, 0.25) is 0 Å². The molecule has 4 rings (SSSR count). The molecule has 0 spiro atoms. The highest BCUT2D eigenvalue weighted by molar-refractivity contribution is 4.98. The van der Waals surface area contributed by atoms with Crippen LogP contribution in [0, 0.1) is 0 Å². The fourth-order valence-corrected chi connectivity index (χ4v) is 5.64. The van der Waals surface area contributed by atoms with Crippen LogP contribution < -0.4 is 0 Å². The van der Waals surface area contributed by atoms with Gasteiger partial charge in [-0.25, -0.2) is 4.89 Å². The maximum Gasteiger partial charge on any atom is 0.190 e. The molecular weight excluding hydrogens is 640 g/mol. The van der Waals surface area contributed by atoms with Gasteiger partial charge in [-0.3, -0.25) is 5.26 Å². The maximum absolute atomic E-state index is 11.0. The zero-order valence-corrected chi connectivity index (χ0v) is 23.9. The molecule has 270 valence electrons. The summed E-state index contributed by atoms with van der Waals surface area (Å²) in [4.78, 5) is 4.31. The molecule has 4 saturated heterocycles. The molecule has 4 aliphatic heterocycles. The second kappa shape index (κ2) is 16.2. The zero-order chi connectivity index (χ0) is 34.0. The average Bonchev–Trinajstić information content (AvgIpc) is 3.05. The Morgan fingerprint density at radius 3 is 1.26 bits per heavy atom. The number of ether oxygens (including phenoxy) is 7. The van der Waals surface area contributed by atoms with Crippen LogP contribution >= 0.6 is 0 Å². The number of hydrogen-bond acceptors (Lipinski definition) is 22. The van der Waals surface area contributed by atoms with Gasteiger partial charge in [0, 0.05) is 0 Å². The minimum Gasteiger partial charge on any atom is -0.394 e. The molecule has 0 amide bonds. The highest BCUT2D eigenvalue weighted by Gasteiger charge is 2.55. The molecule has 46 heavy (non-hydrogen) atoms. The summed E-state index contributed by atoms with van der Waals surface area (Å²) in [6, 6.07) is 0. The molecule has 22 nitrogen and oxygen atoms in total. The van der Waals surface area contributed by atoms with Gasteiger partial charge in [0.15, 0.2) is 31.3 Å². The third-order valence-corrected chi connectivity index (χ3v) is 8.30. The van der Waals surface area contributed by atoms with E-state index in [9.17, 15) is 71.6 Å². The van der Waals surface area contributed by atoms with Crippen molar-refractivity contribution in [3.05, 3.63) is 0 Å². The van der Waals surface area contributed by atoms with Crippen LogP contribution in [0.15, 0.2) is 0 Å². The summed E-state index contributed by atoms with van der Waals surface area (Å²) in [6.45, 7) is -3.45. The monoisotopic (exact) mass is 682 g/mol. The first-order chi connectivity index (χ1) is 21.8. The van der Waals surface area contributed by atoms with Crippen molar-refractivity contribution in [2.75, 3.05) is 26.4 Å². The van der Waals surface area contributed by atoms with Gasteiger partial charge in [-0.05, 0) is 0 Å². The lowest BCUT2D eigenvalue weighted by molar-refractivity contribution is -0.421. The molecule has 22 heteroatoms. The Labute approximate surface area is 259 Å². The van der Waals surface area contributed by atoms with Crippen LogP contribution in [0.1, 0.15) is 0 Å². The normalized spacial score (nSPS) is 52.0. The lowest BCUT2D eigenvalue weighted by atomic mass is 9.95. The van der Waals surface area contributed by atoms with Gasteiger partial charge >= 0.3 is 0 Å². The third kappa shape index (κ3) is 7.48. The van der Waals surface area contributed by atoms with E-state index < -0.39 is 149 Å². The summed E-state index contributed by atoms with van der Waals surface area (Å²) in [6.07, 6.45) is -35.5. The molecular formula is C24H42O22. The molecule has 0 aromatic carbocycles. The lowest BCUT2D eigenvalue weighted by Gasteiger charge is -2.49. The second-order valence-corrected chi connectivity index (χ2v) is 11.2. The SMILES string of the molecule is OC[C@H]1O[C@@H](O[C@H]2[C@H](O)[C@@H](OO)[C@H](O[C@H]3[C@H](O)[C@@H](O)[C@H](O[C@H]4[C@H](O)[C@@H](O)[C@H](O)O[C@@H]4CO)O[C@@H]3CO)O[C@@H]2CO)[C@H](O)[C@@H](O)[C@@H]1O. The number of rotatable bonds is 11. The Balaban J connectivity index is 1.46. The molecule has 20 atom stereocenters. The van der Waals surface area contributed by atoms with E-state index in [-0.39, 0.29) is 0 Å². The molecule has 14 N–H and O–H groups in total. The topological polar surface area (TPSA) is 357 Å². The van der Waals surface area contributed by atoms with E-state index in [0.29, 0.717) is 0 Å². The minimum atomic E-state index is -2.03. The van der Waals surface area contributed by atoms with Crippen molar-refractivity contribution in [3.8, 4) is 0 Å². The van der Waals surface area contributed by atoms with Crippen molar-refractivity contribution in [2.24, 2.45) is 0 Å². The van der Waals surface area contributed by atoms with Gasteiger partial charge < -0.3 is 99.5 Å². The first-order valence-electron chi connectivity index (χ1n) is 14.3. The molecule has 0 radical (unpaired) electrons. The van der Waals surface area contributed by atoms with Crippen molar-refractivity contribution in [1.82, 2.24) is 0 Å². The number of aliphatic hydroxyl groups is 13. The van der Waals surface area contributed by atoms with E-state index in [1.54, 1.807) is 0 Å². The molecule has 0 bridgehead atoms. The van der Waals surface area contributed by atoms with Gasteiger partial charge in [-0.15, -0.1) is 0 Å². The summed E-state index contributed by atoms with van der Waals surface area (Å²) in [5, 5.41) is 141. The summed E-state index contributed by atoms with van der Waals surface area (Å²) in [7, 11) is 0. The Hall–Kier alpha value is -0.880. The van der Waals surface area contributed by atoms with Gasteiger partial charge in [-0.1, -0.05) is 0 Å². The second-order valence-electron chi connectivity index (χ2n) is 11.2. The van der Waals surface area contributed by atoms with Crippen molar-refractivity contribution in [3.63, 3.8) is 0 Å². The van der Waals surface area contributed by atoms with E-state index in [0.717, 1.165) is 0 Å². The fourth-order valence-electron chi connectivity index (χ4n) is 5.64. The highest BCUT2D eigenvalue weighted by Crippen LogP contribution is 2.34. The largest absolute Gasteiger partial charge is 0.394 e. The van der Waals surface area contributed by atoms with Gasteiger partial charge in [0.1, 0.15) is 91.6 Å². The van der Waals surface area contributed by atoms with Crippen molar-refractivity contribution in [1.29, 1.82) is 0 Å². The molecule has 4 heterocycles. The summed E-state index contributed by atoms with van der Waals surface area (Å²) >= 11 is 0. The Morgan fingerprint density at radius 1 is 0.370 bits per heavy atom. The first-order valence-corrected chi connectivity index (χ1v) is 14.3. The van der Waals surface area contributed by atoms with Crippen LogP contribution in [-0.2, 0) is 38.0 Å². The summed E-state index contributed by atoms with van der Waals surface area (Å²) < 4.78 is 37.9. The average molecular weight is 683 g/mol. The van der Waals surface area contributed by atoms with Crippen molar-refractivity contribution >= 4 is 0 Å². The van der Waals surface area contributed by atoms with Crippen LogP contribution in [-0.4, -0.2) is 221 Å². The number of hydrogen-bond donors (Lipinski definition) is 14. The molecule has 4 fully saturated rings. The molecule has 0 aromatic heterocycles. The number of aliphatic hydroxyl groups excluding tert-OH is 13. The standard InChI is InChI=1S/C24H42O22/c25-1-5-9(29)10(30)14(34)22(40-5)44-19-8(4-28)42-24(20(46-38)16(19)36)45-18-7(3-27)41-23(15(35)12(18)32)43-17-6(2-26)39-21(37)13(33)11(17)31/h5-38H,1-4H2/t5-,6-,7-,8-,9-,10+,11-,12-,13-,14-,15-,16+,17-,18-,19-,20-,21-,22+,23+,24+/m1/s1. The van der Waals surface area contributed by atoms with Gasteiger partial charge in [-0.2, -0.15) is 0 Å². The Kier molecular flexibility index (Phi) is 13.4. The van der Waals surface area contributed by atoms with Crippen molar-refractivity contribution < 1.29 is 110 Å². The van der Waals surface area contributed by atoms with Crippen LogP contribution in [0.25, 0.3) is 0 Å². The molecule has 0 saturated carbocycles. The van der Waals surface area contributed by atoms with Crippen molar-refractivity contribution in [2.45, 2.75) is 123 Å². The van der Waals surface area contributed by atoms with Crippen LogP contribution in [0.4, 0.5) is 0 Å². The highest BCUT2D eigenvalue weighted by atomic mass is 17.1. The van der Waals surface area contributed by atoms with Gasteiger partial charge in [0.05, 0.1) is 26.4 Å². The van der Waals surface area contributed by atoms with Crippen LogP contribution in [0.3, 0.4) is 0 Å². The van der Waals surface area contributed by atoms with E-state index in [1.165, 1.54) is 0 Å². The van der Waals surface area contributed by atoms with E-state index >= 15 is 0 Å². The Bertz CT molecular complexity index is 928. The zero-order valence-electron chi connectivity index (χ0n) is 23.9. The predicted octanol–water partition coefficient (Wildman–Crippen LogP) is -9.25. The van der Waals surface area contributed by atoms with Gasteiger partial charge in [0.2, 0.25) is 0 Å². The molecule has 0 aromatic rings. The molecule has 0 aliphatic carbocycles. The van der Waals surface area contributed by atoms with E-state index in [1.807, 2.05) is 0 Å². The van der Waals surface area contributed by atoms with E-state index in [4.69, 9.17) is 33.2 Å². The Morgan fingerprint density at radius 2 is 0.761 bits per heavy atom. The smallest absolute Gasteiger partial charge is 0.190 e. The van der Waals surface area contributed by atoms with Crippen LogP contribution in [0.5, 0.6) is 0 Å². The molecule has 4 aliphatic rings. The van der Waals surface area contributed by atoms with Gasteiger partial charge in [0.25, 0.3) is 0 Å².